The van der Waals surface area contributed by atoms with Gasteiger partial charge in [-0.3, -0.25) is 11.1 Å². The lowest BCUT2D eigenvalue weighted by Gasteiger charge is -2.19. The van der Waals surface area contributed by atoms with Gasteiger partial charge in [-0.1, -0.05) is 115 Å². The molecule has 6 atom stereocenters. The molecule has 0 bridgehead atoms. The van der Waals surface area contributed by atoms with Crippen LogP contribution < -0.4 is 28.1 Å². The fourth-order valence-corrected chi connectivity index (χ4v) is 6.96. The maximum absolute atomic E-state index is 11.9. The number of halogens is 22. The van der Waals surface area contributed by atoms with Gasteiger partial charge < -0.3 is 70.2 Å². The Hall–Kier alpha value is 0.267. The largest absolute Gasteiger partial charge is 1.00 e. The SMILES string of the molecule is C.C.CCCCC(O)C(F)(F)F.CCCCC=O.CCCCCO.CPC.C[Si](C)(C)C(F)(F)F.NC(=[NH2+])SCCCC(O)C(F)(F)F.OC(CCCS)C(F)(F)F.OC(CCCSSCCCC(O)C(F)(F)F)C(F)(F)F.OC(CCC[S-])C(F)(F)F.[Br-]. The molecular formula is C50H102BrF21N2O8PS5Si-. The van der Waals surface area contributed by atoms with E-state index in [-0.39, 0.29) is 113 Å². The highest BCUT2D eigenvalue weighted by Gasteiger charge is 2.45. The average molecular weight is 1560 g/mol. The number of alkyl halides is 21. The van der Waals surface area contributed by atoms with E-state index in [0.717, 1.165) is 58.7 Å². The summed E-state index contributed by atoms with van der Waals surface area (Å²) >= 11 is 9.20. The fraction of sp³-hybridized carbons (Fsp3) is 0.960. The number of hydrogen-bond acceptors (Lipinski definition) is 13. The number of hydrogen-bond donors (Lipinski definition) is 10. The molecule has 554 valence electrons. The minimum Gasteiger partial charge on any atom is -1.00 e. The van der Waals surface area contributed by atoms with Crippen LogP contribution >= 0.6 is 54.6 Å². The molecule has 0 aromatic carbocycles. The Morgan fingerprint density at radius 2 is 0.764 bits per heavy atom. The first kappa shape index (κ1) is 116. The van der Waals surface area contributed by atoms with E-state index < -0.39 is 87.6 Å². The van der Waals surface area contributed by atoms with Gasteiger partial charge in [-0.25, -0.2) is 0 Å². The third kappa shape index (κ3) is 99.5. The highest BCUT2D eigenvalue weighted by atomic mass is 79.9. The molecular weight excluding hydrogens is 1450 g/mol. The van der Waals surface area contributed by atoms with Crippen molar-refractivity contribution < 1.29 is 155 Å². The van der Waals surface area contributed by atoms with Gasteiger partial charge in [-0.2, -0.15) is 111 Å². The summed E-state index contributed by atoms with van der Waals surface area (Å²) < 4.78 is 245. The fourth-order valence-electron chi connectivity index (χ4n) is 3.85. The van der Waals surface area contributed by atoms with Gasteiger partial charge in [0.2, 0.25) is 0 Å². The second kappa shape index (κ2) is 68.2. The van der Waals surface area contributed by atoms with Crippen LogP contribution in [0.15, 0.2) is 0 Å². The molecule has 0 aromatic heterocycles. The summed E-state index contributed by atoms with van der Waals surface area (Å²) in [6.07, 6.45) is -33.0. The van der Waals surface area contributed by atoms with Crippen LogP contribution in [0.1, 0.15) is 158 Å². The molecule has 0 aliphatic carbocycles. The third-order valence-corrected chi connectivity index (χ3v) is 14.7. The van der Waals surface area contributed by atoms with Crippen LogP contribution in [0, 0.1) is 0 Å². The summed E-state index contributed by atoms with van der Waals surface area (Å²) in [4.78, 5) is 9.56. The second-order valence-corrected chi connectivity index (χ2v) is 29.3. The molecule has 39 heteroatoms. The van der Waals surface area contributed by atoms with Crippen molar-refractivity contribution in [1.29, 1.82) is 0 Å². The number of aldehydes is 1. The zero-order valence-corrected chi connectivity index (χ0v) is 57.6. The highest BCUT2D eigenvalue weighted by molar-refractivity contribution is 8.76. The molecule has 0 fully saturated rings. The normalized spacial score (nSPS) is 13.5. The molecule has 0 aromatic rings. The molecule has 0 radical (unpaired) electrons. The number of aliphatic hydroxyl groups excluding tert-OH is 7. The zero-order chi connectivity index (χ0) is 70.3. The molecule has 0 rings (SSSR count). The van der Waals surface area contributed by atoms with E-state index in [1.165, 1.54) is 47.6 Å². The first-order valence-corrected chi connectivity index (χ1v) is 36.6. The number of nitrogens with two attached hydrogens (primary N) is 2. The van der Waals surface area contributed by atoms with Crippen LogP contribution in [0.25, 0.3) is 0 Å². The van der Waals surface area contributed by atoms with E-state index in [4.69, 9.17) is 46.9 Å². The predicted molar refractivity (Wildman–Crippen MR) is 328 cm³/mol. The molecule has 0 saturated heterocycles. The van der Waals surface area contributed by atoms with Gasteiger partial charge in [0.25, 0.3) is 5.17 Å². The second-order valence-electron chi connectivity index (χ2n) is 18.5. The zero-order valence-electron chi connectivity index (χ0n) is 49.8. The van der Waals surface area contributed by atoms with Crippen molar-refractivity contribution in [2.24, 2.45) is 5.73 Å². The standard InChI is InChI=1S/C10H16F6O2S2.C6H11F3N2OS.C6H11F3O.2C5H9F3OS.C5H12O.C5H10O.C4H9F3Si.C2H7P.2CH4.BrH/c11-9(12,13)7(17)3-1-5-19-20-6-2-4-8(18)10(14,15)16;7-6(8,9)4(12)2-1-3-13-5(10)11;1-2-3-4-5(10)6(7,8)9;2*6-5(7,8)4(9)2-1-3-10;2*1-2-3-4-5-6;1-8(2,3)4(5,6)7;1-3-2;;;/h7-8,17-18H,1-6H2;4,12H,1-3H2,(H3,10,11);5,10H,2-4H2,1H3;2*4,9-10H,1-3H2;6H,2-5H2,1H3;5H,2-4H2,1H3;1-3H3;3H,1-2H3;2*1H4;1H/p-1. The lowest BCUT2D eigenvalue weighted by molar-refractivity contribution is -0.205. The van der Waals surface area contributed by atoms with Gasteiger partial charge in [-0.05, 0) is 108 Å². The molecule has 0 spiro atoms. The van der Waals surface area contributed by atoms with Gasteiger partial charge in [0.1, 0.15) is 42.9 Å². The molecule has 0 saturated carbocycles. The highest BCUT2D eigenvalue weighted by Crippen LogP contribution is 2.31. The molecule has 0 aliphatic heterocycles. The third-order valence-electron chi connectivity index (χ3n) is 9.03. The van der Waals surface area contributed by atoms with Gasteiger partial charge in [0.15, 0.2) is 8.07 Å². The maximum atomic E-state index is 11.9. The molecule has 89 heavy (non-hydrogen) atoms. The average Bonchev–Trinajstić information content (AvgIpc) is 3.36. The van der Waals surface area contributed by atoms with Crippen molar-refractivity contribution in [1.82, 2.24) is 0 Å². The van der Waals surface area contributed by atoms with Gasteiger partial charge in [-0.15, -0.1) is 8.58 Å². The Kier molecular flexibility index (Phi) is 89.3. The number of unbranched alkanes of at least 4 members (excludes halogenated alkanes) is 5. The predicted octanol–water partition coefficient (Wildman–Crippen LogP) is 12.4. The van der Waals surface area contributed by atoms with Crippen molar-refractivity contribution in [3.8, 4) is 0 Å². The minimum atomic E-state index is -4.61. The van der Waals surface area contributed by atoms with Crippen LogP contribution in [-0.2, 0) is 17.4 Å². The van der Waals surface area contributed by atoms with Crippen LogP contribution in [0.2, 0.25) is 19.6 Å². The number of amidine groups is 1. The Labute approximate surface area is 550 Å². The van der Waals surface area contributed by atoms with E-state index in [9.17, 15) is 97.0 Å². The van der Waals surface area contributed by atoms with Crippen LogP contribution in [0.5, 0.6) is 0 Å². The quantitative estimate of drug-likeness (QED) is 0.00338. The summed E-state index contributed by atoms with van der Waals surface area (Å²) in [6.45, 7) is 14.5. The van der Waals surface area contributed by atoms with Crippen LogP contribution in [0.3, 0.4) is 0 Å². The maximum Gasteiger partial charge on any atom is 0.414 e. The number of aliphatic hydroxyl groups is 7. The number of thioether (sulfide) groups is 1. The minimum absolute atomic E-state index is 0. The van der Waals surface area contributed by atoms with Crippen molar-refractivity contribution in [3.05, 3.63) is 0 Å². The number of carbonyl (C=O) groups excluding carboxylic acids is 1. The number of rotatable bonds is 28. The summed E-state index contributed by atoms with van der Waals surface area (Å²) in [5.41, 5.74) is 5.07. The first-order valence-electron chi connectivity index (χ1n) is 26.4. The molecule has 11 N–H and O–H groups in total. The Morgan fingerprint density at radius 1 is 0.517 bits per heavy atom. The van der Waals surface area contributed by atoms with Crippen LogP contribution in [0.4, 0.5) is 92.2 Å². The summed E-state index contributed by atoms with van der Waals surface area (Å²) in [5.74, 6) is -2.16. The smallest absolute Gasteiger partial charge is 0.414 e. The summed E-state index contributed by atoms with van der Waals surface area (Å²) in [5, 5.41) is 64.4. The lowest BCUT2D eigenvalue weighted by Crippen LogP contribution is -3.00. The van der Waals surface area contributed by atoms with E-state index in [1.807, 2.05) is 0 Å². The van der Waals surface area contributed by atoms with E-state index in [2.05, 4.69) is 52.4 Å². The molecule has 6 unspecified atom stereocenters. The Bertz CT molecular complexity index is 1380. The van der Waals surface area contributed by atoms with E-state index >= 15 is 0 Å². The molecule has 0 aliphatic rings. The Morgan fingerprint density at radius 3 is 0.944 bits per heavy atom. The Balaban J connectivity index is -0.0000000774. The van der Waals surface area contributed by atoms with Crippen molar-refractivity contribution in [3.63, 3.8) is 0 Å². The lowest BCUT2D eigenvalue weighted by atomic mass is 10.1. The van der Waals surface area contributed by atoms with Crippen molar-refractivity contribution in [2.45, 2.75) is 257 Å². The number of thiol groups is 1. The molecule has 10 nitrogen and oxygen atoms in total. The van der Waals surface area contributed by atoms with Gasteiger partial charge in [0, 0.05) is 30.3 Å². The van der Waals surface area contributed by atoms with E-state index in [1.54, 1.807) is 6.92 Å². The van der Waals surface area contributed by atoms with Crippen LogP contribution in [-0.4, -0.2) is 183 Å². The number of carbonyl (C=O) groups is 1. The van der Waals surface area contributed by atoms with Gasteiger partial charge in [0.05, 0.1) is 0 Å². The van der Waals surface area contributed by atoms with E-state index in [0.29, 0.717) is 42.5 Å². The summed E-state index contributed by atoms with van der Waals surface area (Å²) in [6, 6.07) is 0. The summed E-state index contributed by atoms with van der Waals surface area (Å²) in [7, 11) is 0.705. The molecule has 0 amide bonds. The molecule has 0 heterocycles. The monoisotopic (exact) mass is 1560 g/mol. The first-order chi connectivity index (χ1) is 38.8. The van der Waals surface area contributed by atoms with Crippen molar-refractivity contribution >= 4 is 86.7 Å². The topological polar surface area (TPSA) is 210 Å². The van der Waals surface area contributed by atoms with Gasteiger partial charge >= 0.3 is 42.9 Å². The van der Waals surface area contributed by atoms with Crippen molar-refractivity contribution in [2.75, 3.05) is 48.7 Å².